The molecular weight excluding hydrogens is 359 g/mol. The molecule has 5 nitrogen and oxygen atoms in total. The monoisotopic (exact) mass is 379 g/mol. The molecule has 0 unspecified atom stereocenters. The Kier molecular flexibility index (Phi) is 6.92. The molecule has 8 heteroatoms. The predicted octanol–water partition coefficient (Wildman–Crippen LogP) is 4.27. The molecule has 0 aliphatic carbocycles. The van der Waals surface area contributed by atoms with Gasteiger partial charge in [0, 0.05) is 24.0 Å². The van der Waals surface area contributed by atoms with Gasteiger partial charge in [-0.1, -0.05) is 25.8 Å². The van der Waals surface area contributed by atoms with E-state index in [0.717, 1.165) is 31.4 Å². The van der Waals surface area contributed by atoms with Crippen LogP contribution in [-0.2, 0) is 6.18 Å². The van der Waals surface area contributed by atoms with Gasteiger partial charge in [0.1, 0.15) is 5.69 Å². The highest BCUT2D eigenvalue weighted by Crippen LogP contribution is 2.30. The van der Waals surface area contributed by atoms with Gasteiger partial charge in [-0.3, -0.25) is 14.6 Å². The number of hydrogen-bond donors (Lipinski definition) is 2. The lowest BCUT2D eigenvalue weighted by molar-refractivity contribution is -0.137. The van der Waals surface area contributed by atoms with Crippen molar-refractivity contribution >= 4 is 17.5 Å². The molecule has 2 N–H and O–H groups in total. The summed E-state index contributed by atoms with van der Waals surface area (Å²) >= 11 is 0. The molecule has 2 rings (SSSR count). The lowest BCUT2D eigenvalue weighted by Gasteiger charge is -2.10. The fourth-order valence-electron chi connectivity index (χ4n) is 2.34. The summed E-state index contributed by atoms with van der Waals surface area (Å²) in [5.74, 6) is -1.03. The van der Waals surface area contributed by atoms with Gasteiger partial charge in [0.25, 0.3) is 11.8 Å². The second-order valence-electron chi connectivity index (χ2n) is 5.93. The molecule has 0 saturated carbocycles. The first-order valence-electron chi connectivity index (χ1n) is 8.54. The van der Waals surface area contributed by atoms with Crippen molar-refractivity contribution in [2.24, 2.45) is 0 Å². The molecule has 144 valence electrons. The van der Waals surface area contributed by atoms with Gasteiger partial charge in [-0.2, -0.15) is 13.2 Å². The van der Waals surface area contributed by atoms with Crippen molar-refractivity contribution in [3.63, 3.8) is 0 Å². The first kappa shape index (κ1) is 20.4. The average molecular weight is 379 g/mol. The number of benzene rings is 1. The smallest absolute Gasteiger partial charge is 0.351 e. The van der Waals surface area contributed by atoms with Crippen LogP contribution in [0.25, 0.3) is 0 Å². The van der Waals surface area contributed by atoms with Gasteiger partial charge in [0.2, 0.25) is 0 Å². The van der Waals surface area contributed by atoms with Crippen LogP contribution in [0.1, 0.15) is 52.6 Å². The van der Waals surface area contributed by atoms with Crippen LogP contribution in [0.3, 0.4) is 0 Å². The second-order valence-corrected chi connectivity index (χ2v) is 5.93. The van der Waals surface area contributed by atoms with E-state index in [-0.39, 0.29) is 16.9 Å². The molecule has 2 aromatic rings. The molecule has 1 aromatic carbocycles. The van der Waals surface area contributed by atoms with E-state index in [0.29, 0.717) is 6.54 Å². The van der Waals surface area contributed by atoms with Gasteiger partial charge in [-0.15, -0.1) is 0 Å². The number of carbonyl (C=O) groups excluding carboxylic acids is 2. The number of pyridine rings is 1. The van der Waals surface area contributed by atoms with Crippen LogP contribution < -0.4 is 10.6 Å². The van der Waals surface area contributed by atoms with Crippen molar-refractivity contribution in [1.82, 2.24) is 10.3 Å². The van der Waals surface area contributed by atoms with Crippen LogP contribution in [0.2, 0.25) is 0 Å². The number of halogens is 3. The van der Waals surface area contributed by atoms with Crippen molar-refractivity contribution in [1.29, 1.82) is 0 Å². The summed E-state index contributed by atoms with van der Waals surface area (Å²) in [7, 11) is 0. The molecular formula is C19H20F3N3O2. The first-order valence-corrected chi connectivity index (χ1v) is 8.54. The van der Waals surface area contributed by atoms with Crippen molar-refractivity contribution in [2.75, 3.05) is 11.9 Å². The summed E-state index contributed by atoms with van der Waals surface area (Å²) in [4.78, 5) is 28.3. The van der Waals surface area contributed by atoms with E-state index in [2.05, 4.69) is 22.5 Å². The van der Waals surface area contributed by atoms with E-state index in [4.69, 9.17) is 0 Å². The predicted molar refractivity (Wildman–Crippen MR) is 95.5 cm³/mol. The number of nitrogens with one attached hydrogen (secondary N) is 2. The van der Waals surface area contributed by atoms with Gasteiger partial charge in [-0.05, 0) is 36.8 Å². The average Bonchev–Trinajstić information content (AvgIpc) is 2.64. The van der Waals surface area contributed by atoms with E-state index in [1.807, 2.05) is 0 Å². The molecule has 0 atom stereocenters. The van der Waals surface area contributed by atoms with Gasteiger partial charge in [0.15, 0.2) is 0 Å². The summed E-state index contributed by atoms with van der Waals surface area (Å²) in [6, 6.07) is 7.02. The number of anilines is 1. The number of hydrogen-bond acceptors (Lipinski definition) is 3. The third-order valence-electron chi connectivity index (χ3n) is 3.77. The highest BCUT2D eigenvalue weighted by atomic mass is 19.4. The third kappa shape index (κ3) is 6.09. The van der Waals surface area contributed by atoms with Crippen molar-refractivity contribution < 1.29 is 22.8 Å². The zero-order valence-corrected chi connectivity index (χ0v) is 14.8. The zero-order chi connectivity index (χ0) is 19.9. The number of alkyl halides is 3. The molecule has 0 saturated heterocycles. The summed E-state index contributed by atoms with van der Waals surface area (Å²) < 4.78 is 38.3. The summed E-state index contributed by atoms with van der Waals surface area (Å²) in [6.45, 7) is 2.56. The Morgan fingerprint density at radius 2 is 1.85 bits per heavy atom. The second kappa shape index (κ2) is 9.16. The minimum atomic E-state index is -4.50. The summed E-state index contributed by atoms with van der Waals surface area (Å²) in [6.07, 6.45) is -0.327. The number of aromatic nitrogens is 1. The molecule has 1 aromatic heterocycles. The molecule has 0 fully saturated rings. The van der Waals surface area contributed by atoms with E-state index < -0.39 is 23.6 Å². The molecule has 27 heavy (non-hydrogen) atoms. The maximum Gasteiger partial charge on any atom is 0.416 e. The number of rotatable bonds is 7. The molecule has 0 aliphatic heterocycles. The van der Waals surface area contributed by atoms with Crippen LogP contribution in [-0.4, -0.2) is 23.3 Å². The van der Waals surface area contributed by atoms with Gasteiger partial charge in [0.05, 0.1) is 5.56 Å². The summed E-state index contributed by atoms with van der Waals surface area (Å²) in [5.41, 5.74) is -0.649. The molecule has 0 bridgehead atoms. The van der Waals surface area contributed by atoms with Crippen LogP contribution in [0, 0.1) is 0 Å². The van der Waals surface area contributed by atoms with Crippen LogP contribution >= 0.6 is 0 Å². The number of amides is 2. The number of carbonyl (C=O) groups is 2. The minimum Gasteiger partial charge on any atom is -0.351 e. The number of nitrogens with zero attached hydrogens (tertiary/aromatic N) is 1. The first-order chi connectivity index (χ1) is 12.8. The van der Waals surface area contributed by atoms with Gasteiger partial charge >= 0.3 is 6.18 Å². The van der Waals surface area contributed by atoms with Crippen LogP contribution in [0.15, 0.2) is 42.6 Å². The Bertz CT molecular complexity index is 807. The van der Waals surface area contributed by atoms with E-state index in [9.17, 15) is 22.8 Å². The topological polar surface area (TPSA) is 71.1 Å². The molecule has 1 heterocycles. The highest BCUT2D eigenvalue weighted by Gasteiger charge is 2.30. The maximum absolute atomic E-state index is 12.8. The van der Waals surface area contributed by atoms with Crippen molar-refractivity contribution in [3.8, 4) is 0 Å². The highest BCUT2D eigenvalue weighted by molar-refractivity contribution is 6.05. The zero-order valence-electron chi connectivity index (χ0n) is 14.8. The molecule has 0 aliphatic rings. The van der Waals surface area contributed by atoms with Gasteiger partial charge in [-0.25, -0.2) is 0 Å². The molecule has 0 radical (unpaired) electrons. The Balaban J connectivity index is 2.06. The van der Waals surface area contributed by atoms with Crippen LogP contribution in [0.5, 0.6) is 0 Å². The number of unbranched alkanes of at least 4 members (excludes halogenated alkanes) is 2. The van der Waals surface area contributed by atoms with E-state index in [1.165, 1.54) is 30.5 Å². The van der Waals surface area contributed by atoms with Crippen LogP contribution in [0.4, 0.5) is 18.9 Å². The Labute approximate surface area is 155 Å². The third-order valence-corrected chi connectivity index (χ3v) is 3.77. The molecule has 0 spiro atoms. The standard InChI is InChI=1S/C19H20F3N3O2/c1-2-3-4-9-24-18(27)16-11-13(8-10-23-16)17(26)25-15-7-5-6-14(12-15)19(20,21)22/h5-8,10-12H,2-4,9H2,1H3,(H,24,27)(H,25,26). The fourth-order valence-corrected chi connectivity index (χ4v) is 2.34. The van der Waals surface area contributed by atoms with Gasteiger partial charge < -0.3 is 10.6 Å². The fraction of sp³-hybridized carbons (Fsp3) is 0.316. The lowest BCUT2D eigenvalue weighted by atomic mass is 10.1. The van der Waals surface area contributed by atoms with Crippen molar-refractivity contribution in [2.45, 2.75) is 32.4 Å². The largest absolute Gasteiger partial charge is 0.416 e. The van der Waals surface area contributed by atoms with E-state index >= 15 is 0 Å². The molecule has 2 amide bonds. The quantitative estimate of drug-likeness (QED) is 0.706. The SMILES string of the molecule is CCCCCNC(=O)c1cc(C(=O)Nc2cccc(C(F)(F)F)c2)ccn1. The Hall–Kier alpha value is -2.90. The lowest BCUT2D eigenvalue weighted by Crippen LogP contribution is -2.26. The Morgan fingerprint density at radius 1 is 1.07 bits per heavy atom. The normalized spacial score (nSPS) is 11.1. The minimum absolute atomic E-state index is 0.0113. The Morgan fingerprint density at radius 3 is 2.56 bits per heavy atom. The maximum atomic E-state index is 12.8. The summed E-state index contributed by atoms with van der Waals surface area (Å²) in [5, 5.41) is 5.11. The van der Waals surface area contributed by atoms with E-state index in [1.54, 1.807) is 0 Å². The van der Waals surface area contributed by atoms with Crippen molar-refractivity contribution in [3.05, 3.63) is 59.4 Å².